The Bertz CT molecular complexity index is 318. The summed E-state index contributed by atoms with van der Waals surface area (Å²) in [6.45, 7) is 1.87. The molecule has 0 spiro atoms. The number of benzene rings is 1. The predicted molar refractivity (Wildman–Crippen MR) is 65.7 cm³/mol. The summed E-state index contributed by atoms with van der Waals surface area (Å²) < 4.78 is 0. The van der Waals surface area contributed by atoms with E-state index in [4.69, 9.17) is 0 Å². The average molecular weight is 271 g/mol. The highest BCUT2D eigenvalue weighted by Gasteiger charge is 2.20. The van der Waals surface area contributed by atoms with Crippen LogP contribution in [-0.2, 0) is 0 Å². The lowest BCUT2D eigenvalue weighted by atomic mass is 10.1. The van der Waals surface area contributed by atoms with Crippen molar-refractivity contribution in [3.63, 3.8) is 0 Å². The van der Waals surface area contributed by atoms with Gasteiger partial charge in [0.05, 0.1) is 0 Å². The molecule has 0 aliphatic carbocycles. The van der Waals surface area contributed by atoms with Gasteiger partial charge in [0, 0.05) is 11.2 Å². The van der Waals surface area contributed by atoms with Crippen LogP contribution in [0.25, 0.3) is 6.08 Å². The van der Waals surface area contributed by atoms with Crippen molar-refractivity contribution < 1.29 is 10.2 Å². The Balaban J connectivity index is 2.64. The van der Waals surface area contributed by atoms with Crippen LogP contribution in [-0.4, -0.2) is 20.8 Å². The van der Waals surface area contributed by atoms with E-state index in [1.807, 2.05) is 37.3 Å². The van der Waals surface area contributed by atoms with Crippen molar-refractivity contribution in [1.82, 2.24) is 0 Å². The second kappa shape index (κ2) is 5.45. The van der Waals surface area contributed by atoms with Crippen LogP contribution >= 0.6 is 15.9 Å². The van der Waals surface area contributed by atoms with Crippen molar-refractivity contribution in [2.75, 3.05) is 0 Å². The molecule has 0 aliphatic rings. The van der Waals surface area contributed by atoms with Crippen molar-refractivity contribution in [3.8, 4) is 0 Å². The Morgan fingerprint density at radius 1 is 1.33 bits per heavy atom. The molecule has 0 saturated carbocycles. The first kappa shape index (κ1) is 12.4. The van der Waals surface area contributed by atoms with Crippen LogP contribution < -0.4 is 0 Å². The number of alkyl halides is 1. The second-order valence-electron chi connectivity index (χ2n) is 3.61. The summed E-state index contributed by atoms with van der Waals surface area (Å²) in [6, 6.07) is 9.55. The summed E-state index contributed by atoms with van der Waals surface area (Å²) >= 11 is 3.28. The van der Waals surface area contributed by atoms with Gasteiger partial charge >= 0.3 is 0 Å². The molecule has 0 saturated heterocycles. The molecule has 0 amide bonds. The minimum Gasteiger partial charge on any atom is -0.362 e. The third kappa shape index (κ3) is 5.11. The van der Waals surface area contributed by atoms with Crippen LogP contribution in [0.4, 0.5) is 0 Å². The molecule has 82 valence electrons. The van der Waals surface area contributed by atoms with Crippen molar-refractivity contribution in [1.29, 1.82) is 0 Å². The molecule has 0 heterocycles. The molecule has 1 unspecified atom stereocenters. The van der Waals surface area contributed by atoms with Crippen molar-refractivity contribution >= 4 is 22.0 Å². The SMILES string of the molecule is CC(Br)CC(O)(O)/C=C/c1ccccc1. The molecule has 0 radical (unpaired) electrons. The molecule has 1 atom stereocenters. The van der Waals surface area contributed by atoms with Gasteiger partial charge in [-0.3, -0.25) is 0 Å². The highest BCUT2D eigenvalue weighted by Crippen LogP contribution is 2.17. The largest absolute Gasteiger partial charge is 0.362 e. The maximum atomic E-state index is 9.58. The van der Waals surface area contributed by atoms with E-state index < -0.39 is 5.79 Å². The summed E-state index contributed by atoms with van der Waals surface area (Å²) in [7, 11) is 0. The van der Waals surface area contributed by atoms with Gasteiger partial charge in [0.25, 0.3) is 0 Å². The van der Waals surface area contributed by atoms with E-state index in [0.29, 0.717) is 0 Å². The molecule has 1 rings (SSSR count). The number of rotatable bonds is 4. The molecule has 1 aromatic carbocycles. The van der Waals surface area contributed by atoms with E-state index >= 15 is 0 Å². The first-order valence-corrected chi connectivity index (χ1v) is 5.74. The van der Waals surface area contributed by atoms with E-state index in [-0.39, 0.29) is 11.2 Å². The molecule has 2 nitrogen and oxygen atoms in total. The fraction of sp³-hybridized carbons (Fsp3) is 0.333. The highest BCUT2D eigenvalue weighted by molar-refractivity contribution is 9.09. The van der Waals surface area contributed by atoms with Gasteiger partial charge in [0.1, 0.15) is 0 Å². The van der Waals surface area contributed by atoms with Crippen molar-refractivity contribution in [2.45, 2.75) is 24.0 Å². The Morgan fingerprint density at radius 3 is 2.47 bits per heavy atom. The topological polar surface area (TPSA) is 40.5 Å². The third-order valence-corrected chi connectivity index (χ3v) is 2.25. The summed E-state index contributed by atoms with van der Waals surface area (Å²) in [4.78, 5) is 0.0629. The highest BCUT2D eigenvalue weighted by atomic mass is 79.9. The zero-order valence-electron chi connectivity index (χ0n) is 8.60. The lowest BCUT2D eigenvalue weighted by Crippen LogP contribution is -2.27. The summed E-state index contributed by atoms with van der Waals surface area (Å²) in [5.74, 6) is -1.75. The summed E-state index contributed by atoms with van der Waals surface area (Å²) in [6.07, 6.45) is 3.37. The molecular weight excluding hydrogens is 256 g/mol. The third-order valence-electron chi connectivity index (χ3n) is 1.92. The zero-order chi connectivity index (χ0) is 11.3. The Kier molecular flexibility index (Phi) is 4.51. The summed E-state index contributed by atoms with van der Waals surface area (Å²) in [5, 5.41) is 19.2. The molecular formula is C12H15BrO2. The van der Waals surface area contributed by atoms with Gasteiger partial charge in [0.15, 0.2) is 5.79 Å². The number of hydrogen-bond donors (Lipinski definition) is 2. The van der Waals surface area contributed by atoms with Gasteiger partial charge in [-0.05, 0) is 11.6 Å². The lowest BCUT2D eigenvalue weighted by molar-refractivity contribution is -0.121. The minimum absolute atomic E-state index is 0.0629. The number of halogens is 1. The van der Waals surface area contributed by atoms with Gasteiger partial charge in [-0.1, -0.05) is 59.3 Å². The van der Waals surface area contributed by atoms with Gasteiger partial charge in [-0.2, -0.15) is 0 Å². The monoisotopic (exact) mass is 270 g/mol. The van der Waals surface area contributed by atoms with Gasteiger partial charge in [-0.15, -0.1) is 0 Å². The molecule has 0 aromatic heterocycles. The molecule has 0 bridgehead atoms. The van der Waals surface area contributed by atoms with Crippen LogP contribution in [0.1, 0.15) is 18.9 Å². The quantitative estimate of drug-likeness (QED) is 0.652. The standard InChI is InChI=1S/C12H15BrO2/c1-10(13)9-12(14,15)8-7-11-5-3-2-4-6-11/h2-8,10,14-15H,9H2,1H3/b8-7+. The van der Waals surface area contributed by atoms with Crippen LogP contribution in [0.15, 0.2) is 36.4 Å². The fourth-order valence-corrected chi connectivity index (χ4v) is 1.75. The molecule has 15 heavy (non-hydrogen) atoms. The van der Waals surface area contributed by atoms with E-state index in [0.717, 1.165) is 5.56 Å². The molecule has 2 N–H and O–H groups in total. The second-order valence-corrected chi connectivity index (χ2v) is 5.17. The van der Waals surface area contributed by atoms with Crippen molar-refractivity contribution in [3.05, 3.63) is 42.0 Å². The molecule has 0 fully saturated rings. The van der Waals surface area contributed by atoms with Crippen LogP contribution in [0, 0.1) is 0 Å². The van der Waals surface area contributed by atoms with E-state index in [2.05, 4.69) is 15.9 Å². The number of hydrogen-bond acceptors (Lipinski definition) is 2. The van der Waals surface area contributed by atoms with E-state index in [1.54, 1.807) is 6.08 Å². The molecule has 0 aliphatic heterocycles. The van der Waals surface area contributed by atoms with Gasteiger partial charge in [0.2, 0.25) is 0 Å². The summed E-state index contributed by atoms with van der Waals surface area (Å²) in [5.41, 5.74) is 0.951. The fourth-order valence-electron chi connectivity index (χ4n) is 1.28. The average Bonchev–Trinajstić information content (AvgIpc) is 2.15. The Labute approximate surface area is 98.4 Å². The van der Waals surface area contributed by atoms with Gasteiger partial charge < -0.3 is 10.2 Å². The Hall–Kier alpha value is -0.640. The normalized spacial score (nSPS) is 14.4. The Morgan fingerprint density at radius 2 is 1.93 bits per heavy atom. The molecule has 1 aromatic rings. The zero-order valence-corrected chi connectivity index (χ0v) is 10.2. The minimum atomic E-state index is -1.75. The lowest BCUT2D eigenvalue weighted by Gasteiger charge is -2.18. The maximum Gasteiger partial charge on any atom is 0.183 e. The predicted octanol–water partition coefficient (Wildman–Crippen LogP) is 2.55. The maximum absolute atomic E-state index is 9.58. The first-order valence-electron chi connectivity index (χ1n) is 4.83. The number of aliphatic hydroxyl groups is 2. The van der Waals surface area contributed by atoms with Crippen LogP contribution in [0.5, 0.6) is 0 Å². The molecule has 3 heteroatoms. The van der Waals surface area contributed by atoms with Gasteiger partial charge in [-0.25, -0.2) is 0 Å². The smallest absolute Gasteiger partial charge is 0.183 e. The van der Waals surface area contributed by atoms with Crippen molar-refractivity contribution in [2.24, 2.45) is 0 Å². The van der Waals surface area contributed by atoms with E-state index in [9.17, 15) is 10.2 Å². The first-order chi connectivity index (χ1) is 6.99. The van der Waals surface area contributed by atoms with Crippen LogP contribution in [0.3, 0.4) is 0 Å². The van der Waals surface area contributed by atoms with Crippen LogP contribution in [0.2, 0.25) is 0 Å². The van der Waals surface area contributed by atoms with E-state index in [1.165, 1.54) is 6.08 Å².